The fraction of sp³-hybridized carbons (Fsp3) is 0.224. The number of halogens is 1. The van der Waals surface area contributed by atoms with E-state index in [2.05, 4.69) is 122 Å². The second-order valence-electron chi connectivity index (χ2n) is 21.4. The third kappa shape index (κ3) is 11.9. The van der Waals surface area contributed by atoms with Crippen LogP contribution in [-0.4, -0.2) is 88.9 Å². The van der Waals surface area contributed by atoms with Crippen LogP contribution < -0.4 is 15.5 Å². The minimum Gasteiger partial charge on any atom is -0.389 e. The summed E-state index contributed by atoms with van der Waals surface area (Å²) in [6.07, 6.45) is 21.6. The summed E-state index contributed by atoms with van der Waals surface area (Å²) in [7, 11) is -1.00. The monoisotopic (exact) mass is 1180 g/mol. The van der Waals surface area contributed by atoms with Gasteiger partial charge in [-0.25, -0.2) is 19.9 Å². The molecular weight excluding hydrogens is 1120 g/mol. The molecule has 14 nitrogen and oxygen atoms in total. The highest BCUT2D eigenvalue weighted by molar-refractivity contribution is 7.80. The number of hydrogen-bond acceptors (Lipinski definition) is 12. The van der Waals surface area contributed by atoms with Gasteiger partial charge in [-0.1, -0.05) is 66.8 Å². The van der Waals surface area contributed by atoms with Gasteiger partial charge < -0.3 is 34.6 Å². The molecule has 0 radical (unpaired) electrons. The Kier molecular flexibility index (Phi) is 16.4. The number of ketones is 2. The summed E-state index contributed by atoms with van der Waals surface area (Å²) < 4.78 is 20.4. The number of nitrogens with two attached hydrogens (primary N) is 1. The van der Waals surface area contributed by atoms with Crippen LogP contribution in [0.15, 0.2) is 170 Å². The molecule has 2 fully saturated rings. The molecule has 85 heavy (non-hydrogen) atoms. The van der Waals surface area contributed by atoms with Gasteiger partial charge in [-0.2, -0.15) is 5.26 Å². The minimum absolute atomic E-state index is 0.114. The van der Waals surface area contributed by atoms with E-state index in [9.17, 15) is 19.2 Å². The number of rotatable bonds is 15. The molecule has 0 bridgehead atoms. The Morgan fingerprint density at radius 2 is 1.13 bits per heavy atom. The van der Waals surface area contributed by atoms with Crippen LogP contribution in [0.2, 0.25) is 0 Å². The lowest BCUT2D eigenvalue weighted by atomic mass is 9.99. The van der Waals surface area contributed by atoms with Crippen LogP contribution in [-0.2, 0) is 12.8 Å². The van der Waals surface area contributed by atoms with Crippen LogP contribution in [0.25, 0.3) is 66.1 Å². The number of piperidine rings is 2. The summed E-state index contributed by atoms with van der Waals surface area (Å²) in [5.41, 5.74) is 19.5. The van der Waals surface area contributed by atoms with E-state index in [4.69, 9.17) is 19.3 Å². The van der Waals surface area contributed by atoms with Gasteiger partial charge in [0.15, 0.2) is 21.8 Å². The maximum absolute atomic E-state index is 13.2. The summed E-state index contributed by atoms with van der Waals surface area (Å²) in [5.74, 6) is 0.234. The number of aromatic amines is 2. The second kappa shape index (κ2) is 25.4. The van der Waals surface area contributed by atoms with Gasteiger partial charge in [-0.15, -0.1) is 22.7 Å². The van der Waals surface area contributed by atoms with Crippen molar-refractivity contribution in [2.24, 2.45) is 5.73 Å². The smallest absolute Gasteiger partial charge is 0.185 e. The van der Waals surface area contributed by atoms with Gasteiger partial charge in [-0.3, -0.25) is 14.0 Å². The number of H-pyrrole nitrogens is 2. The number of aryl methyl sites for hydroxylation is 2. The molecule has 4 aromatic carbocycles. The number of nitrogens with one attached hydrogen (secondary N) is 2. The fourth-order valence-electron chi connectivity index (χ4n) is 12.1. The SMILES string of the molecule is N#Cc1cccc(-c2cn(C3CCN(c4nccs4)CC3)c3cc(CCC(=O)c4c[nH]c5ncccc45)ccc23)c1.NC(=S)c1cccc(-c2cn(C3CCN(c4nccs4)CC3)c3cc(CCC(=O)c4c[nH]c5ncccc45)ccc23)c1.[2H]CF. The third-order valence-corrected chi connectivity index (χ3v) is 18.3. The maximum Gasteiger partial charge on any atom is 0.185 e. The number of benzene rings is 4. The van der Waals surface area contributed by atoms with Crippen LogP contribution >= 0.6 is 34.9 Å². The first-order valence-corrected chi connectivity index (χ1v) is 30.5. The van der Waals surface area contributed by atoms with Crippen LogP contribution in [0.4, 0.5) is 14.7 Å². The molecule has 2 aliphatic rings. The predicted molar refractivity (Wildman–Crippen MR) is 345 cm³/mol. The van der Waals surface area contributed by atoms with Gasteiger partial charge in [-0.05, 0) is 115 Å². The molecule has 0 atom stereocenters. The van der Waals surface area contributed by atoms with E-state index in [-0.39, 0.29) is 11.6 Å². The van der Waals surface area contributed by atoms with Crippen molar-refractivity contribution in [3.8, 4) is 28.3 Å². The van der Waals surface area contributed by atoms with E-state index in [1.807, 2.05) is 77.8 Å². The number of fused-ring (bicyclic) bond motifs is 4. The largest absolute Gasteiger partial charge is 0.389 e. The summed E-state index contributed by atoms with van der Waals surface area (Å²) in [4.78, 5) is 55.4. The molecule has 14 rings (SSSR count). The van der Waals surface area contributed by atoms with Gasteiger partial charge >= 0.3 is 0 Å². The van der Waals surface area contributed by atoms with Crippen molar-refractivity contribution in [1.82, 2.24) is 39.0 Å². The van der Waals surface area contributed by atoms with Gasteiger partial charge in [0, 0.05) is 172 Å². The van der Waals surface area contributed by atoms with Crippen molar-refractivity contribution in [1.29, 1.82) is 5.26 Å². The lowest BCUT2D eigenvalue weighted by Crippen LogP contribution is -2.34. The van der Waals surface area contributed by atoms with Gasteiger partial charge in [0.1, 0.15) is 16.3 Å². The highest BCUT2D eigenvalue weighted by atomic mass is 32.1. The van der Waals surface area contributed by atoms with E-state index in [1.165, 1.54) is 27.4 Å². The van der Waals surface area contributed by atoms with E-state index in [0.717, 1.165) is 118 Å². The zero-order chi connectivity index (χ0) is 59.1. The molecule has 426 valence electrons. The van der Waals surface area contributed by atoms with Gasteiger partial charge in [0.05, 0.1) is 20.2 Å². The molecule has 4 N–H and O–H groups in total. The number of anilines is 2. The van der Waals surface area contributed by atoms with Crippen molar-refractivity contribution in [3.63, 3.8) is 0 Å². The van der Waals surface area contributed by atoms with Crippen molar-refractivity contribution >= 4 is 106 Å². The molecule has 10 heterocycles. The summed E-state index contributed by atoms with van der Waals surface area (Å²) in [5, 5.41) is 19.9. The molecule has 2 saturated heterocycles. The van der Waals surface area contributed by atoms with Gasteiger partial charge in [0.2, 0.25) is 0 Å². The average molecular weight is 1180 g/mol. The highest BCUT2D eigenvalue weighted by Crippen LogP contribution is 2.40. The summed E-state index contributed by atoms with van der Waals surface area (Å²) in [6.45, 7) is 3.87. The molecule has 2 aliphatic heterocycles. The predicted octanol–water partition coefficient (Wildman–Crippen LogP) is 14.7. The first kappa shape index (κ1) is 55.1. The fourth-order valence-corrected chi connectivity index (χ4v) is 13.7. The van der Waals surface area contributed by atoms with Crippen LogP contribution in [0, 0.1) is 11.3 Å². The highest BCUT2D eigenvalue weighted by Gasteiger charge is 2.27. The number of nitrogens with zero attached hydrogens (tertiary/aromatic N) is 9. The number of thiocarbonyl (C=S) groups is 1. The zero-order valence-electron chi connectivity index (χ0n) is 47.5. The third-order valence-electron chi connectivity index (χ3n) is 16.4. The number of pyridine rings is 2. The Bertz CT molecular complexity index is 4410. The maximum atomic E-state index is 13.2. The quantitative estimate of drug-likeness (QED) is 0.0656. The summed E-state index contributed by atoms with van der Waals surface area (Å²) >= 11 is 8.66. The molecule has 0 unspecified atom stereocenters. The lowest BCUT2D eigenvalue weighted by Gasteiger charge is -2.33. The molecule has 18 heteroatoms. The number of nitriles is 1. The van der Waals surface area contributed by atoms with Crippen LogP contribution in [0.5, 0.6) is 0 Å². The van der Waals surface area contributed by atoms with E-state index < -0.39 is 7.15 Å². The first-order valence-electron chi connectivity index (χ1n) is 29.1. The summed E-state index contributed by atoms with van der Waals surface area (Å²) in [6, 6.07) is 39.8. The first-order chi connectivity index (χ1) is 42.1. The number of carbonyl (C=O) groups excluding carboxylic acids is 2. The van der Waals surface area contributed by atoms with Crippen LogP contribution in [0.1, 0.15) is 94.9 Å². The molecule has 0 amide bonds. The Morgan fingerprint density at radius 3 is 1.59 bits per heavy atom. The van der Waals surface area contributed by atoms with Crippen LogP contribution in [0.3, 0.4) is 0 Å². The zero-order valence-corrected chi connectivity index (χ0v) is 49.0. The van der Waals surface area contributed by atoms with Crippen molar-refractivity contribution in [2.45, 2.75) is 63.5 Å². The Hall–Kier alpha value is -9.15. The van der Waals surface area contributed by atoms with E-state index in [1.54, 1.807) is 47.5 Å². The lowest BCUT2D eigenvalue weighted by molar-refractivity contribution is 0.0976. The molecule has 0 saturated carbocycles. The van der Waals surface area contributed by atoms with E-state index in [0.29, 0.717) is 59.4 Å². The molecule has 0 spiro atoms. The number of thiazole rings is 2. The van der Waals surface area contributed by atoms with Gasteiger partial charge in [0.25, 0.3) is 0 Å². The molecule has 0 aliphatic carbocycles. The second-order valence-corrected chi connectivity index (χ2v) is 23.5. The number of aromatic nitrogens is 8. The van der Waals surface area contributed by atoms with Crippen molar-refractivity contribution in [3.05, 3.63) is 203 Å². The molecular formula is C67H61FN12O2S3. The minimum atomic E-state index is -1.00. The number of alkyl halides is 1. The topological polar surface area (TPSA) is 183 Å². The Labute approximate surface area is 505 Å². The standard InChI is InChI=1S/C33H30N6OS2.C33H28N6OS.CH3F/c34-31(41)23-4-1-3-22(18-23)28-20-39(24-10-14-38(15-11-24)33-36-13-16-42-33)29-17-21(6-8-25(28)29)7-9-30(40)27-19-37-32-26(27)5-2-12-35-32;34-19-23-3-1-4-24(17-23)29-21-39(25-10-14-38(15-11-25)33-36-13-16-41-33)30-18-22(6-8-26(29)30)7-9-31(40)28-20-37-32-27(28)5-2-12-35-32;1-2/h1-6,8,12-13,16-20,24H,7,9-11,14-15H2,(H2,34,41)(H,35,37);1-6,8,12-13,16-18,20-21,25H,7,9-11,14-15H2,(H,35,37);1H3/i;;1D. The Balaban J connectivity index is 0.000000161. The van der Waals surface area contributed by atoms with Crippen molar-refractivity contribution < 1.29 is 15.4 Å². The van der Waals surface area contributed by atoms with E-state index >= 15 is 0 Å². The average Bonchev–Trinajstić information content (AvgIpc) is 2.45. The number of carbonyl (C=O) groups is 2. The number of Topliss-reactive ketones (excluding diaryl/α,β-unsaturated/α-hetero) is 2. The Morgan fingerprint density at radius 1 is 0.647 bits per heavy atom. The number of hydrogen-bond donors (Lipinski definition) is 3. The normalized spacial score (nSPS) is 14.0. The molecule has 8 aromatic heterocycles. The van der Waals surface area contributed by atoms with Crippen molar-refractivity contribution in [2.75, 3.05) is 43.1 Å². The molecule has 12 aromatic rings.